The highest BCUT2D eigenvalue weighted by atomic mass is 16.5. The van der Waals surface area contributed by atoms with E-state index in [9.17, 15) is 9.59 Å². The average Bonchev–Trinajstić information content (AvgIpc) is 3.23. The normalized spacial score (nSPS) is 10.7. The maximum atomic E-state index is 12.7. The van der Waals surface area contributed by atoms with E-state index in [4.69, 9.17) is 4.74 Å². The molecule has 0 atom stereocenters. The van der Waals surface area contributed by atoms with Crippen LogP contribution in [0.3, 0.4) is 0 Å². The first kappa shape index (κ1) is 22.0. The molecule has 4 aromatic rings. The Kier molecular flexibility index (Phi) is 6.64. The molecule has 0 saturated heterocycles. The number of aromatic nitrogens is 4. The molecule has 2 aromatic carbocycles. The fraction of sp³-hybridized carbons (Fsp3) is 0.200. The standard InChI is InChI=1S/C25H25N5O3/c1-3-33-21-11-9-19(10-12-21)23-13-14-24(31)29(28-23)16-15-26-25(32)22-17-27-30(18(22)2)20-7-5-4-6-8-20/h4-14,17H,3,15-16H2,1-2H3,(H,26,32). The monoisotopic (exact) mass is 443 g/mol. The molecule has 33 heavy (non-hydrogen) atoms. The number of nitrogens with zero attached hydrogens (tertiary/aromatic N) is 4. The lowest BCUT2D eigenvalue weighted by atomic mass is 10.1. The van der Waals surface area contributed by atoms with Crippen LogP contribution >= 0.6 is 0 Å². The van der Waals surface area contributed by atoms with E-state index in [1.165, 1.54) is 10.7 Å². The van der Waals surface area contributed by atoms with Crippen LogP contribution in [0.1, 0.15) is 23.0 Å². The molecule has 0 radical (unpaired) electrons. The number of hydrogen-bond donors (Lipinski definition) is 1. The van der Waals surface area contributed by atoms with Gasteiger partial charge in [0.1, 0.15) is 5.75 Å². The van der Waals surface area contributed by atoms with Crippen LogP contribution in [-0.4, -0.2) is 38.6 Å². The highest BCUT2D eigenvalue weighted by Gasteiger charge is 2.15. The summed E-state index contributed by atoms with van der Waals surface area (Å²) in [6.07, 6.45) is 1.55. The van der Waals surface area contributed by atoms with Crippen molar-refractivity contribution in [3.63, 3.8) is 0 Å². The van der Waals surface area contributed by atoms with Crippen molar-refractivity contribution >= 4 is 5.91 Å². The average molecular weight is 444 g/mol. The molecule has 168 valence electrons. The van der Waals surface area contributed by atoms with Gasteiger partial charge in [-0.2, -0.15) is 10.2 Å². The second-order valence-corrected chi connectivity index (χ2v) is 7.38. The van der Waals surface area contributed by atoms with Crippen molar-refractivity contribution in [2.75, 3.05) is 13.2 Å². The maximum absolute atomic E-state index is 12.7. The van der Waals surface area contributed by atoms with Crippen LogP contribution in [0.2, 0.25) is 0 Å². The Hall–Kier alpha value is -4.20. The zero-order valence-corrected chi connectivity index (χ0v) is 18.6. The Morgan fingerprint density at radius 1 is 1.03 bits per heavy atom. The molecule has 0 fully saturated rings. The lowest BCUT2D eigenvalue weighted by Crippen LogP contribution is -2.32. The predicted octanol–water partition coefficient (Wildman–Crippen LogP) is 3.23. The molecule has 1 amide bonds. The smallest absolute Gasteiger partial charge is 0.266 e. The second kappa shape index (κ2) is 9.95. The molecule has 0 spiro atoms. The van der Waals surface area contributed by atoms with E-state index in [0.717, 1.165) is 22.7 Å². The van der Waals surface area contributed by atoms with Crippen LogP contribution < -0.4 is 15.6 Å². The van der Waals surface area contributed by atoms with Crippen molar-refractivity contribution < 1.29 is 9.53 Å². The summed E-state index contributed by atoms with van der Waals surface area (Å²) in [5, 5.41) is 11.6. The van der Waals surface area contributed by atoms with Crippen LogP contribution in [0.15, 0.2) is 77.7 Å². The Morgan fingerprint density at radius 2 is 1.79 bits per heavy atom. The highest BCUT2D eigenvalue weighted by Crippen LogP contribution is 2.20. The van der Waals surface area contributed by atoms with Crippen molar-refractivity contribution in [1.29, 1.82) is 0 Å². The van der Waals surface area contributed by atoms with Crippen LogP contribution in [-0.2, 0) is 6.54 Å². The highest BCUT2D eigenvalue weighted by molar-refractivity contribution is 5.95. The Bertz CT molecular complexity index is 1290. The first-order valence-corrected chi connectivity index (χ1v) is 10.8. The summed E-state index contributed by atoms with van der Waals surface area (Å²) < 4.78 is 8.54. The first-order chi connectivity index (χ1) is 16.1. The molecule has 8 heteroatoms. The third-order valence-electron chi connectivity index (χ3n) is 5.19. The largest absolute Gasteiger partial charge is 0.494 e. The molecule has 0 bridgehead atoms. The SMILES string of the molecule is CCOc1ccc(-c2ccc(=O)n(CCNC(=O)c3cnn(-c4ccccc4)c3C)n2)cc1. The summed E-state index contributed by atoms with van der Waals surface area (Å²) in [5.74, 6) is 0.536. The van der Waals surface area contributed by atoms with Crippen molar-refractivity contribution in [3.05, 3.63) is 94.5 Å². The van der Waals surface area contributed by atoms with Crippen LogP contribution in [0.5, 0.6) is 5.75 Å². The van der Waals surface area contributed by atoms with Gasteiger partial charge in [0.05, 0.1) is 42.0 Å². The van der Waals surface area contributed by atoms with Gasteiger partial charge in [-0.15, -0.1) is 0 Å². The van der Waals surface area contributed by atoms with E-state index in [1.54, 1.807) is 16.9 Å². The predicted molar refractivity (Wildman–Crippen MR) is 126 cm³/mol. The Morgan fingerprint density at radius 3 is 2.52 bits per heavy atom. The van der Waals surface area contributed by atoms with Gasteiger partial charge >= 0.3 is 0 Å². The minimum atomic E-state index is -0.245. The van der Waals surface area contributed by atoms with Crippen molar-refractivity contribution in [2.45, 2.75) is 20.4 Å². The molecule has 0 aliphatic heterocycles. The maximum Gasteiger partial charge on any atom is 0.266 e. The lowest BCUT2D eigenvalue weighted by Gasteiger charge is -2.09. The number of rotatable bonds is 8. The first-order valence-electron chi connectivity index (χ1n) is 10.8. The van der Waals surface area contributed by atoms with E-state index in [1.807, 2.05) is 68.4 Å². The van der Waals surface area contributed by atoms with Crippen molar-refractivity contribution in [3.8, 4) is 22.7 Å². The number of nitrogens with one attached hydrogen (secondary N) is 1. The third-order valence-corrected chi connectivity index (χ3v) is 5.19. The van der Waals surface area contributed by atoms with Gasteiger partial charge in [0.15, 0.2) is 0 Å². The molecule has 1 N–H and O–H groups in total. The van der Waals surface area contributed by atoms with Gasteiger partial charge in [0.25, 0.3) is 11.5 Å². The van der Waals surface area contributed by atoms with Gasteiger partial charge in [-0.1, -0.05) is 18.2 Å². The molecule has 0 unspecified atom stereocenters. The summed E-state index contributed by atoms with van der Waals surface area (Å²) in [6, 6.07) is 20.3. The number of para-hydroxylation sites is 1. The molecule has 2 heterocycles. The van der Waals surface area contributed by atoms with E-state index < -0.39 is 0 Å². The van der Waals surface area contributed by atoms with Gasteiger partial charge in [0, 0.05) is 18.2 Å². The molecular formula is C25H25N5O3. The number of benzene rings is 2. The quantitative estimate of drug-likeness (QED) is 0.452. The van der Waals surface area contributed by atoms with Gasteiger partial charge < -0.3 is 10.1 Å². The van der Waals surface area contributed by atoms with E-state index in [2.05, 4.69) is 15.5 Å². The summed E-state index contributed by atoms with van der Waals surface area (Å²) >= 11 is 0. The molecule has 8 nitrogen and oxygen atoms in total. The fourth-order valence-corrected chi connectivity index (χ4v) is 3.48. The van der Waals surface area contributed by atoms with Gasteiger partial charge in [-0.25, -0.2) is 9.36 Å². The lowest BCUT2D eigenvalue weighted by molar-refractivity contribution is 0.0951. The van der Waals surface area contributed by atoms with Gasteiger partial charge in [-0.05, 0) is 56.3 Å². The Labute approximate surface area is 191 Å². The molecule has 0 aliphatic carbocycles. The molecule has 4 rings (SSSR count). The van der Waals surface area contributed by atoms with Crippen LogP contribution in [0.4, 0.5) is 0 Å². The fourth-order valence-electron chi connectivity index (χ4n) is 3.48. The summed E-state index contributed by atoms with van der Waals surface area (Å²) in [7, 11) is 0. The zero-order chi connectivity index (χ0) is 23.2. The summed E-state index contributed by atoms with van der Waals surface area (Å²) in [4.78, 5) is 24.9. The van der Waals surface area contributed by atoms with Gasteiger partial charge in [-0.3, -0.25) is 9.59 Å². The zero-order valence-electron chi connectivity index (χ0n) is 18.6. The number of carbonyl (C=O) groups excluding carboxylic acids is 1. The molecule has 0 aliphatic rings. The topological polar surface area (TPSA) is 91.0 Å². The van der Waals surface area contributed by atoms with Gasteiger partial charge in [0.2, 0.25) is 0 Å². The van der Waals surface area contributed by atoms with E-state index in [-0.39, 0.29) is 24.6 Å². The second-order valence-electron chi connectivity index (χ2n) is 7.38. The summed E-state index contributed by atoms with van der Waals surface area (Å²) in [5.41, 5.74) is 3.43. The molecular weight excluding hydrogens is 418 g/mol. The molecule has 0 saturated carbocycles. The van der Waals surface area contributed by atoms with Crippen LogP contribution in [0.25, 0.3) is 16.9 Å². The Balaban J connectivity index is 1.41. The minimum Gasteiger partial charge on any atom is -0.494 e. The number of amides is 1. The van der Waals surface area contributed by atoms with Crippen molar-refractivity contribution in [1.82, 2.24) is 24.9 Å². The number of carbonyl (C=O) groups is 1. The van der Waals surface area contributed by atoms with Crippen molar-refractivity contribution in [2.24, 2.45) is 0 Å². The minimum absolute atomic E-state index is 0.230. The summed E-state index contributed by atoms with van der Waals surface area (Å²) in [6.45, 7) is 4.89. The number of ether oxygens (including phenoxy) is 1. The van der Waals surface area contributed by atoms with E-state index >= 15 is 0 Å². The van der Waals surface area contributed by atoms with E-state index in [0.29, 0.717) is 17.9 Å². The number of hydrogen-bond acceptors (Lipinski definition) is 5. The van der Waals surface area contributed by atoms with Crippen LogP contribution in [0, 0.1) is 6.92 Å². The third kappa shape index (κ3) is 5.01. The molecule has 2 aromatic heterocycles.